The molecule has 0 radical (unpaired) electrons. The summed E-state index contributed by atoms with van der Waals surface area (Å²) in [6.45, 7) is 3.94. The molecule has 0 spiro atoms. The zero-order chi connectivity index (χ0) is 17.4. The molecule has 1 amide bonds. The van der Waals surface area contributed by atoms with E-state index in [2.05, 4.69) is 5.32 Å². The first-order valence-electron chi connectivity index (χ1n) is 8.12. The molecule has 2 rings (SSSR count). The number of methoxy groups -OCH3 is 1. The van der Waals surface area contributed by atoms with Gasteiger partial charge in [0, 0.05) is 25.2 Å². The molecule has 1 fully saturated rings. The number of para-hydroxylation sites is 1. The molecular weight excluding hydrogens is 308 g/mol. The van der Waals surface area contributed by atoms with E-state index in [1.165, 1.54) is 0 Å². The number of ether oxygens (including phenoxy) is 2. The third-order valence-electron chi connectivity index (χ3n) is 3.88. The lowest BCUT2D eigenvalue weighted by molar-refractivity contribution is -0.147. The minimum atomic E-state index is -0.486. The predicted molar refractivity (Wildman–Crippen MR) is 91.6 cm³/mol. The number of hydrogen-bond donors (Lipinski definition) is 1. The van der Waals surface area contributed by atoms with Crippen molar-refractivity contribution in [3.8, 4) is 5.75 Å². The summed E-state index contributed by atoms with van der Waals surface area (Å²) in [7, 11) is 1.64. The van der Waals surface area contributed by atoms with Gasteiger partial charge in [0.15, 0.2) is 0 Å². The molecule has 1 aromatic carbocycles. The first kappa shape index (κ1) is 18.0. The van der Waals surface area contributed by atoms with Crippen LogP contribution >= 0.6 is 0 Å². The number of esters is 1. The number of hydrogen-bond acceptors (Lipinski definition) is 5. The zero-order valence-corrected chi connectivity index (χ0v) is 14.2. The molecule has 1 heterocycles. The Hall–Kier alpha value is -2.34. The Bertz CT molecular complexity index is 600. The van der Waals surface area contributed by atoms with Gasteiger partial charge in [0.05, 0.1) is 26.2 Å². The van der Waals surface area contributed by atoms with Crippen LogP contribution in [0.25, 0.3) is 6.08 Å². The summed E-state index contributed by atoms with van der Waals surface area (Å²) in [6, 6.07) is 7.24. The number of nitrogens with one attached hydrogen (secondary N) is 1. The number of nitrogens with zero attached hydrogens (tertiary/aromatic N) is 1. The van der Waals surface area contributed by atoms with Gasteiger partial charge in [-0.2, -0.15) is 0 Å². The fraction of sp³-hybridized carbons (Fsp3) is 0.444. The zero-order valence-electron chi connectivity index (χ0n) is 14.2. The molecule has 24 heavy (non-hydrogen) atoms. The van der Waals surface area contributed by atoms with Crippen molar-refractivity contribution in [1.29, 1.82) is 0 Å². The third-order valence-corrected chi connectivity index (χ3v) is 3.88. The largest absolute Gasteiger partial charge is 0.496 e. The van der Waals surface area contributed by atoms with Gasteiger partial charge in [-0.1, -0.05) is 30.4 Å². The van der Waals surface area contributed by atoms with Crippen molar-refractivity contribution in [2.24, 2.45) is 0 Å². The number of carbonyl (C=O) groups is 2. The van der Waals surface area contributed by atoms with Crippen molar-refractivity contribution >= 4 is 18.0 Å². The molecule has 6 heteroatoms. The summed E-state index contributed by atoms with van der Waals surface area (Å²) >= 11 is 0. The topological polar surface area (TPSA) is 67.9 Å². The third kappa shape index (κ3) is 4.83. The molecule has 0 bridgehead atoms. The lowest BCUT2D eigenvalue weighted by atomic mass is 10.1. The molecule has 1 aromatic rings. The van der Waals surface area contributed by atoms with Gasteiger partial charge in [0.25, 0.3) is 0 Å². The van der Waals surface area contributed by atoms with Gasteiger partial charge in [0.2, 0.25) is 5.91 Å². The van der Waals surface area contributed by atoms with Crippen LogP contribution in [0.1, 0.15) is 18.9 Å². The number of piperazine rings is 1. The summed E-state index contributed by atoms with van der Waals surface area (Å²) in [4.78, 5) is 25.8. The van der Waals surface area contributed by atoms with E-state index in [-0.39, 0.29) is 18.3 Å². The van der Waals surface area contributed by atoms with Crippen molar-refractivity contribution in [3.63, 3.8) is 0 Å². The van der Waals surface area contributed by atoms with Crippen LogP contribution in [0.15, 0.2) is 30.3 Å². The second-order valence-electron chi connectivity index (χ2n) is 5.46. The Kier molecular flexibility index (Phi) is 6.81. The van der Waals surface area contributed by atoms with E-state index < -0.39 is 6.04 Å². The number of carbonyl (C=O) groups excluding carboxylic acids is 2. The highest BCUT2D eigenvalue weighted by Crippen LogP contribution is 2.19. The van der Waals surface area contributed by atoms with Crippen molar-refractivity contribution in [3.05, 3.63) is 35.9 Å². The highest BCUT2D eigenvalue weighted by Gasteiger charge is 2.31. The fourth-order valence-electron chi connectivity index (χ4n) is 2.70. The van der Waals surface area contributed by atoms with Crippen molar-refractivity contribution < 1.29 is 19.1 Å². The molecule has 130 valence electrons. The number of benzene rings is 1. The molecule has 1 atom stereocenters. The van der Waals surface area contributed by atoms with Gasteiger partial charge < -0.3 is 14.8 Å². The molecule has 0 aromatic heterocycles. The summed E-state index contributed by atoms with van der Waals surface area (Å²) in [5.74, 6) is 0.325. The smallest absolute Gasteiger partial charge is 0.307 e. The summed E-state index contributed by atoms with van der Waals surface area (Å²) < 4.78 is 10.3. The van der Waals surface area contributed by atoms with Crippen LogP contribution in [0.3, 0.4) is 0 Å². The average molecular weight is 332 g/mol. The van der Waals surface area contributed by atoms with E-state index in [0.29, 0.717) is 26.2 Å². The maximum Gasteiger partial charge on any atom is 0.307 e. The van der Waals surface area contributed by atoms with E-state index in [0.717, 1.165) is 11.3 Å². The SMILES string of the molecule is CCOC(=O)C[C@@H]1C(=O)NCCN1C/C=C/c1ccccc1OC. The maximum absolute atomic E-state index is 12.1. The van der Waals surface area contributed by atoms with Crippen molar-refractivity contribution in [2.45, 2.75) is 19.4 Å². The Morgan fingerprint density at radius 3 is 2.96 bits per heavy atom. The molecule has 1 saturated heterocycles. The second-order valence-corrected chi connectivity index (χ2v) is 5.46. The number of rotatable bonds is 7. The molecule has 0 saturated carbocycles. The number of amides is 1. The van der Waals surface area contributed by atoms with E-state index in [1.807, 2.05) is 41.3 Å². The van der Waals surface area contributed by atoms with E-state index in [4.69, 9.17) is 9.47 Å². The van der Waals surface area contributed by atoms with Crippen LogP contribution in [0.4, 0.5) is 0 Å². The van der Waals surface area contributed by atoms with Gasteiger partial charge in [-0.3, -0.25) is 14.5 Å². The monoisotopic (exact) mass is 332 g/mol. The minimum Gasteiger partial charge on any atom is -0.496 e. The highest BCUT2D eigenvalue weighted by atomic mass is 16.5. The van der Waals surface area contributed by atoms with Gasteiger partial charge in [-0.25, -0.2) is 0 Å². The molecule has 0 aliphatic carbocycles. The molecule has 1 N–H and O–H groups in total. The molecule has 1 aliphatic rings. The van der Waals surface area contributed by atoms with E-state index >= 15 is 0 Å². The Morgan fingerprint density at radius 1 is 1.42 bits per heavy atom. The van der Waals surface area contributed by atoms with Gasteiger partial charge in [0.1, 0.15) is 5.75 Å². The van der Waals surface area contributed by atoms with Crippen molar-refractivity contribution in [2.75, 3.05) is 33.4 Å². The van der Waals surface area contributed by atoms with Crippen LogP contribution in [0, 0.1) is 0 Å². The lowest BCUT2D eigenvalue weighted by Crippen LogP contribution is -2.55. The van der Waals surface area contributed by atoms with E-state index in [9.17, 15) is 9.59 Å². The van der Waals surface area contributed by atoms with Crippen LogP contribution < -0.4 is 10.1 Å². The Balaban J connectivity index is 2.01. The van der Waals surface area contributed by atoms with Crippen LogP contribution in [-0.2, 0) is 14.3 Å². The lowest BCUT2D eigenvalue weighted by Gasteiger charge is -2.33. The van der Waals surface area contributed by atoms with Crippen LogP contribution in [0.2, 0.25) is 0 Å². The van der Waals surface area contributed by atoms with Gasteiger partial charge >= 0.3 is 5.97 Å². The Morgan fingerprint density at radius 2 is 2.21 bits per heavy atom. The first-order chi connectivity index (χ1) is 11.7. The standard InChI is InChI=1S/C18H24N2O4/c1-3-24-17(21)13-15-18(22)19-10-12-20(15)11-6-8-14-7-4-5-9-16(14)23-2/h4-9,15H,3,10-13H2,1-2H3,(H,19,22)/b8-6+/t15-/m1/s1. The Labute approximate surface area is 142 Å². The summed E-state index contributed by atoms with van der Waals surface area (Å²) in [5, 5.41) is 2.80. The van der Waals surface area contributed by atoms with Gasteiger partial charge in [-0.15, -0.1) is 0 Å². The molecule has 6 nitrogen and oxygen atoms in total. The molecule has 0 unspecified atom stereocenters. The highest BCUT2D eigenvalue weighted by molar-refractivity contribution is 5.87. The van der Waals surface area contributed by atoms with Crippen LogP contribution in [-0.4, -0.2) is 56.2 Å². The van der Waals surface area contributed by atoms with Crippen LogP contribution in [0.5, 0.6) is 5.75 Å². The van der Waals surface area contributed by atoms with Gasteiger partial charge in [-0.05, 0) is 13.0 Å². The van der Waals surface area contributed by atoms with E-state index in [1.54, 1.807) is 14.0 Å². The second kappa shape index (κ2) is 9.08. The minimum absolute atomic E-state index is 0.0716. The average Bonchev–Trinajstić information content (AvgIpc) is 2.58. The molecular formula is C18H24N2O4. The predicted octanol–water partition coefficient (Wildman–Crippen LogP) is 1.46. The molecule has 1 aliphatic heterocycles. The maximum atomic E-state index is 12.1. The summed E-state index contributed by atoms with van der Waals surface area (Å²) in [6.07, 6.45) is 4.02. The first-order valence-corrected chi connectivity index (χ1v) is 8.12. The normalized spacial score (nSPS) is 18.4. The fourth-order valence-corrected chi connectivity index (χ4v) is 2.70. The quantitative estimate of drug-likeness (QED) is 0.766. The summed E-state index contributed by atoms with van der Waals surface area (Å²) in [5.41, 5.74) is 0.975. The van der Waals surface area contributed by atoms with Crippen molar-refractivity contribution in [1.82, 2.24) is 10.2 Å².